The van der Waals surface area contributed by atoms with E-state index in [0.29, 0.717) is 12.1 Å². The van der Waals surface area contributed by atoms with Gasteiger partial charge in [-0.3, -0.25) is 4.79 Å². The molecular weight excluding hydrogens is 368 g/mol. The summed E-state index contributed by atoms with van der Waals surface area (Å²) in [5, 5.41) is 12.5. The van der Waals surface area contributed by atoms with E-state index in [4.69, 9.17) is 4.98 Å². The first-order chi connectivity index (χ1) is 13.6. The third-order valence-electron chi connectivity index (χ3n) is 4.65. The molecule has 0 radical (unpaired) electrons. The summed E-state index contributed by atoms with van der Waals surface area (Å²) in [5.41, 5.74) is 4.34. The molecule has 5 nitrogen and oxygen atoms in total. The van der Waals surface area contributed by atoms with Crippen LogP contribution in [0.2, 0.25) is 0 Å². The molecule has 1 N–H and O–H groups in total. The summed E-state index contributed by atoms with van der Waals surface area (Å²) in [7, 11) is 0. The lowest BCUT2D eigenvalue weighted by atomic mass is 10.1. The quantitative estimate of drug-likeness (QED) is 0.518. The SMILES string of the molecule is CC(C)n1ncc2c(C(=O)NCCc3ccsc3)cc(-c3ccccc3)nc21. The second-order valence-electron chi connectivity index (χ2n) is 6.98. The number of nitrogens with one attached hydrogen (secondary N) is 1. The minimum Gasteiger partial charge on any atom is -0.352 e. The van der Waals surface area contributed by atoms with E-state index in [1.807, 2.05) is 41.1 Å². The van der Waals surface area contributed by atoms with Crippen molar-refractivity contribution in [3.8, 4) is 11.3 Å². The third kappa shape index (κ3) is 3.68. The van der Waals surface area contributed by atoms with Gasteiger partial charge in [0.1, 0.15) is 0 Å². The van der Waals surface area contributed by atoms with Crippen LogP contribution in [0.3, 0.4) is 0 Å². The molecule has 3 aromatic heterocycles. The Morgan fingerprint density at radius 2 is 2.04 bits per heavy atom. The molecule has 3 heterocycles. The van der Waals surface area contributed by atoms with Gasteiger partial charge in [0.15, 0.2) is 5.65 Å². The highest BCUT2D eigenvalue weighted by molar-refractivity contribution is 7.07. The normalized spacial score (nSPS) is 11.2. The molecule has 6 heteroatoms. The minimum atomic E-state index is -0.0943. The van der Waals surface area contributed by atoms with Gasteiger partial charge in [-0.2, -0.15) is 16.4 Å². The smallest absolute Gasteiger partial charge is 0.252 e. The maximum Gasteiger partial charge on any atom is 0.252 e. The van der Waals surface area contributed by atoms with Crippen LogP contribution in [0, 0.1) is 0 Å². The summed E-state index contributed by atoms with van der Waals surface area (Å²) in [4.78, 5) is 17.8. The second-order valence-corrected chi connectivity index (χ2v) is 7.76. The van der Waals surface area contributed by atoms with Gasteiger partial charge in [-0.15, -0.1) is 0 Å². The number of carbonyl (C=O) groups is 1. The van der Waals surface area contributed by atoms with Crippen molar-refractivity contribution >= 4 is 28.3 Å². The molecule has 4 aromatic rings. The number of nitrogens with zero attached hydrogens (tertiary/aromatic N) is 3. The molecule has 0 fully saturated rings. The molecule has 4 rings (SSSR count). The van der Waals surface area contributed by atoms with Gasteiger partial charge >= 0.3 is 0 Å². The summed E-state index contributed by atoms with van der Waals surface area (Å²) in [6, 6.07) is 14.0. The molecule has 0 atom stereocenters. The van der Waals surface area contributed by atoms with Gasteiger partial charge in [0.05, 0.1) is 22.8 Å². The van der Waals surface area contributed by atoms with Crippen LogP contribution in [0.1, 0.15) is 35.8 Å². The van der Waals surface area contributed by atoms with E-state index < -0.39 is 0 Å². The number of aromatic nitrogens is 3. The zero-order valence-corrected chi connectivity index (χ0v) is 16.7. The fourth-order valence-corrected chi connectivity index (χ4v) is 3.89. The molecular formula is C22H22N4OS. The van der Waals surface area contributed by atoms with Gasteiger partial charge in [0, 0.05) is 18.2 Å². The number of amides is 1. The molecule has 0 unspecified atom stereocenters. The summed E-state index contributed by atoms with van der Waals surface area (Å²) in [5.74, 6) is -0.0943. The van der Waals surface area contributed by atoms with Crippen molar-refractivity contribution in [3.05, 3.63) is 70.5 Å². The molecule has 0 aliphatic rings. The molecule has 0 spiro atoms. The highest BCUT2D eigenvalue weighted by Gasteiger charge is 2.18. The summed E-state index contributed by atoms with van der Waals surface area (Å²) in [6.45, 7) is 4.71. The van der Waals surface area contributed by atoms with Crippen molar-refractivity contribution in [2.75, 3.05) is 6.54 Å². The van der Waals surface area contributed by atoms with E-state index >= 15 is 0 Å². The van der Waals surface area contributed by atoms with E-state index in [9.17, 15) is 4.79 Å². The van der Waals surface area contributed by atoms with Gasteiger partial charge in [-0.1, -0.05) is 30.3 Å². The Labute approximate surface area is 168 Å². The number of hydrogen-bond acceptors (Lipinski definition) is 4. The van der Waals surface area contributed by atoms with Gasteiger partial charge in [0.2, 0.25) is 0 Å². The van der Waals surface area contributed by atoms with Crippen LogP contribution in [0.4, 0.5) is 0 Å². The number of thiophene rings is 1. The highest BCUT2D eigenvalue weighted by Crippen LogP contribution is 2.26. The Bertz CT molecular complexity index is 1080. The van der Waals surface area contributed by atoms with Crippen molar-refractivity contribution < 1.29 is 4.79 Å². The third-order valence-corrected chi connectivity index (χ3v) is 5.38. The molecule has 1 amide bonds. The molecule has 0 aliphatic heterocycles. The Kier molecular flexibility index (Phi) is 5.21. The van der Waals surface area contributed by atoms with Crippen LogP contribution >= 0.6 is 11.3 Å². The van der Waals surface area contributed by atoms with E-state index in [1.54, 1.807) is 17.5 Å². The number of carbonyl (C=O) groups excluding carboxylic acids is 1. The van der Waals surface area contributed by atoms with Crippen LogP contribution in [0.15, 0.2) is 59.4 Å². The second kappa shape index (κ2) is 7.94. The summed E-state index contributed by atoms with van der Waals surface area (Å²) < 4.78 is 1.86. The molecule has 0 aliphatic carbocycles. The van der Waals surface area contributed by atoms with Crippen molar-refractivity contribution in [2.24, 2.45) is 0 Å². The van der Waals surface area contributed by atoms with Crippen molar-refractivity contribution in [3.63, 3.8) is 0 Å². The van der Waals surface area contributed by atoms with Crippen LogP contribution in [0.25, 0.3) is 22.3 Å². The van der Waals surface area contributed by atoms with E-state index in [1.165, 1.54) is 5.56 Å². The number of benzene rings is 1. The zero-order valence-electron chi connectivity index (χ0n) is 15.9. The van der Waals surface area contributed by atoms with Gasteiger partial charge < -0.3 is 5.32 Å². The van der Waals surface area contributed by atoms with Crippen LogP contribution in [-0.4, -0.2) is 27.2 Å². The molecule has 1 aromatic carbocycles. The highest BCUT2D eigenvalue weighted by atomic mass is 32.1. The van der Waals surface area contributed by atoms with E-state index in [-0.39, 0.29) is 11.9 Å². The molecule has 0 saturated heterocycles. The minimum absolute atomic E-state index is 0.0943. The van der Waals surface area contributed by atoms with Crippen LogP contribution < -0.4 is 5.32 Å². The fourth-order valence-electron chi connectivity index (χ4n) is 3.19. The zero-order chi connectivity index (χ0) is 19.5. The fraction of sp³-hybridized carbons (Fsp3) is 0.227. The Hall–Kier alpha value is -2.99. The predicted octanol–water partition coefficient (Wildman–Crippen LogP) is 4.71. The number of pyridine rings is 1. The number of rotatable bonds is 6. The van der Waals surface area contributed by atoms with Crippen LogP contribution in [-0.2, 0) is 6.42 Å². The Morgan fingerprint density at radius 3 is 2.75 bits per heavy atom. The predicted molar refractivity (Wildman–Crippen MR) is 114 cm³/mol. The maximum atomic E-state index is 13.0. The summed E-state index contributed by atoms with van der Waals surface area (Å²) in [6.07, 6.45) is 2.56. The Balaban J connectivity index is 1.70. The largest absolute Gasteiger partial charge is 0.352 e. The van der Waals surface area contributed by atoms with Crippen LogP contribution in [0.5, 0.6) is 0 Å². The van der Waals surface area contributed by atoms with Gasteiger partial charge in [-0.05, 0) is 48.7 Å². The summed E-state index contributed by atoms with van der Waals surface area (Å²) >= 11 is 1.67. The first-order valence-electron chi connectivity index (χ1n) is 9.36. The van der Waals surface area contributed by atoms with Gasteiger partial charge in [-0.25, -0.2) is 9.67 Å². The standard InChI is InChI=1S/C22H22N4OS/c1-15(2)26-21-19(13-24-26)18(12-20(25-21)17-6-4-3-5-7-17)22(27)23-10-8-16-9-11-28-14-16/h3-7,9,11-15H,8,10H2,1-2H3,(H,23,27). The first-order valence-corrected chi connectivity index (χ1v) is 10.3. The van der Waals surface area contributed by atoms with Crippen molar-refractivity contribution in [1.82, 2.24) is 20.1 Å². The lowest BCUT2D eigenvalue weighted by molar-refractivity contribution is 0.0956. The first kappa shape index (κ1) is 18.4. The molecule has 142 valence electrons. The van der Waals surface area contributed by atoms with E-state index in [2.05, 4.69) is 41.1 Å². The maximum absolute atomic E-state index is 13.0. The van der Waals surface area contributed by atoms with Gasteiger partial charge in [0.25, 0.3) is 5.91 Å². The molecule has 0 saturated carbocycles. The average Bonchev–Trinajstić information content (AvgIpc) is 3.37. The van der Waals surface area contributed by atoms with Crippen molar-refractivity contribution in [1.29, 1.82) is 0 Å². The average molecular weight is 391 g/mol. The van der Waals surface area contributed by atoms with E-state index in [0.717, 1.165) is 28.7 Å². The number of hydrogen-bond donors (Lipinski definition) is 1. The lowest BCUT2D eigenvalue weighted by Gasteiger charge is -2.11. The molecule has 28 heavy (non-hydrogen) atoms. The topological polar surface area (TPSA) is 59.8 Å². The monoisotopic (exact) mass is 390 g/mol. The lowest BCUT2D eigenvalue weighted by Crippen LogP contribution is -2.26. The van der Waals surface area contributed by atoms with Crippen molar-refractivity contribution in [2.45, 2.75) is 26.3 Å². The molecule has 0 bridgehead atoms. The number of fused-ring (bicyclic) bond motifs is 1. The Morgan fingerprint density at radius 1 is 1.21 bits per heavy atom.